The largest absolute Gasteiger partial charge is 0.496 e. The second kappa shape index (κ2) is 3.76. The third-order valence-corrected chi connectivity index (χ3v) is 1.42. The van der Waals surface area contributed by atoms with Gasteiger partial charge in [0.15, 0.2) is 0 Å². The first kappa shape index (κ1) is 8.59. The number of carboxylic acid groups (broad SMARTS) is 1. The zero-order valence-corrected chi connectivity index (χ0v) is 6.70. The second-order valence-electron chi connectivity index (χ2n) is 2.34. The Labute approximate surface area is 70.6 Å². The van der Waals surface area contributed by atoms with Crippen LogP contribution in [0.15, 0.2) is 18.2 Å². The molecule has 3 heteroatoms. The maximum Gasteiger partial charge on any atom is 0.307 e. The molecule has 0 aromatic heterocycles. The molecule has 1 radical (unpaired) electrons. The predicted molar refractivity (Wildman–Crippen MR) is 43.2 cm³/mol. The Bertz CT molecular complexity index is 264. The number of carboxylic acids is 1. The van der Waals surface area contributed by atoms with Gasteiger partial charge in [-0.3, -0.25) is 4.79 Å². The highest BCUT2D eigenvalue weighted by molar-refractivity contribution is 5.70. The van der Waals surface area contributed by atoms with Crippen molar-refractivity contribution in [2.24, 2.45) is 0 Å². The van der Waals surface area contributed by atoms with Crippen LogP contribution in [-0.4, -0.2) is 18.2 Å². The summed E-state index contributed by atoms with van der Waals surface area (Å²) in [6, 6.07) is 7.83. The standard InChI is InChI=1S/C9H9O3/c1-12-8-4-2-7(3-5-8)6-9(10)11/h2-4H,6H2,1H3,(H,10,11). The van der Waals surface area contributed by atoms with E-state index in [0.29, 0.717) is 5.75 Å². The van der Waals surface area contributed by atoms with Crippen LogP contribution in [0.1, 0.15) is 5.56 Å². The first-order valence-corrected chi connectivity index (χ1v) is 3.49. The van der Waals surface area contributed by atoms with E-state index in [2.05, 4.69) is 6.07 Å². The van der Waals surface area contributed by atoms with Crippen molar-refractivity contribution in [2.45, 2.75) is 6.42 Å². The summed E-state index contributed by atoms with van der Waals surface area (Å²) in [6.45, 7) is 0. The van der Waals surface area contributed by atoms with Crippen LogP contribution in [0.2, 0.25) is 0 Å². The lowest BCUT2D eigenvalue weighted by molar-refractivity contribution is -0.136. The SMILES string of the molecule is COc1[c]cc(CC(=O)O)cc1. The molecule has 0 aliphatic rings. The molecule has 0 unspecified atom stereocenters. The van der Waals surface area contributed by atoms with Crippen LogP contribution >= 0.6 is 0 Å². The van der Waals surface area contributed by atoms with Gasteiger partial charge in [-0.05, 0) is 17.7 Å². The van der Waals surface area contributed by atoms with Gasteiger partial charge in [0.25, 0.3) is 0 Å². The molecule has 12 heavy (non-hydrogen) atoms. The van der Waals surface area contributed by atoms with E-state index in [1.54, 1.807) is 25.3 Å². The van der Waals surface area contributed by atoms with Gasteiger partial charge >= 0.3 is 5.97 Å². The highest BCUT2D eigenvalue weighted by atomic mass is 16.5. The average molecular weight is 165 g/mol. The molecular formula is C9H9O3. The maximum absolute atomic E-state index is 10.3. The number of hydrogen-bond donors (Lipinski definition) is 1. The predicted octanol–water partition coefficient (Wildman–Crippen LogP) is 1.12. The normalized spacial score (nSPS) is 9.42. The molecule has 0 saturated heterocycles. The Balaban J connectivity index is 2.71. The van der Waals surface area contributed by atoms with E-state index in [4.69, 9.17) is 9.84 Å². The molecule has 0 bridgehead atoms. The van der Waals surface area contributed by atoms with Crippen molar-refractivity contribution in [3.8, 4) is 5.75 Å². The van der Waals surface area contributed by atoms with Crippen molar-refractivity contribution < 1.29 is 14.6 Å². The summed E-state index contributed by atoms with van der Waals surface area (Å²) in [4.78, 5) is 10.3. The number of carbonyl (C=O) groups is 1. The van der Waals surface area contributed by atoms with Crippen molar-refractivity contribution in [1.29, 1.82) is 0 Å². The van der Waals surface area contributed by atoms with Crippen molar-refractivity contribution in [3.63, 3.8) is 0 Å². The first-order valence-electron chi connectivity index (χ1n) is 3.49. The van der Waals surface area contributed by atoms with E-state index in [9.17, 15) is 4.79 Å². The molecular weight excluding hydrogens is 156 g/mol. The maximum atomic E-state index is 10.3. The van der Waals surface area contributed by atoms with Gasteiger partial charge in [0.2, 0.25) is 0 Å². The third kappa shape index (κ3) is 2.27. The van der Waals surface area contributed by atoms with E-state index >= 15 is 0 Å². The summed E-state index contributed by atoms with van der Waals surface area (Å²) in [6.07, 6.45) is 0.0283. The molecule has 0 aliphatic heterocycles. The smallest absolute Gasteiger partial charge is 0.307 e. The number of methoxy groups -OCH3 is 1. The Morgan fingerprint density at radius 2 is 2.42 bits per heavy atom. The van der Waals surface area contributed by atoms with Crippen LogP contribution in [0.25, 0.3) is 0 Å². The van der Waals surface area contributed by atoms with E-state index in [1.165, 1.54) is 0 Å². The molecule has 0 atom stereocenters. The number of hydrogen-bond acceptors (Lipinski definition) is 2. The lowest BCUT2D eigenvalue weighted by Crippen LogP contribution is -1.99. The van der Waals surface area contributed by atoms with Crippen molar-refractivity contribution in [3.05, 3.63) is 29.8 Å². The van der Waals surface area contributed by atoms with Gasteiger partial charge in [-0.2, -0.15) is 0 Å². The van der Waals surface area contributed by atoms with Crippen molar-refractivity contribution >= 4 is 5.97 Å². The molecule has 0 saturated carbocycles. The van der Waals surface area contributed by atoms with Crippen molar-refractivity contribution in [1.82, 2.24) is 0 Å². The fraction of sp³-hybridized carbons (Fsp3) is 0.222. The minimum absolute atomic E-state index is 0.0283. The molecule has 0 heterocycles. The second-order valence-corrected chi connectivity index (χ2v) is 2.34. The molecule has 1 N–H and O–H groups in total. The van der Waals surface area contributed by atoms with Gasteiger partial charge in [-0.1, -0.05) is 6.07 Å². The van der Waals surface area contributed by atoms with Crippen LogP contribution < -0.4 is 4.74 Å². The highest BCUT2D eigenvalue weighted by Gasteiger charge is 1.99. The Morgan fingerprint density at radius 1 is 1.67 bits per heavy atom. The van der Waals surface area contributed by atoms with Crippen LogP contribution in [0.4, 0.5) is 0 Å². The van der Waals surface area contributed by atoms with Crippen LogP contribution in [0, 0.1) is 6.07 Å². The highest BCUT2D eigenvalue weighted by Crippen LogP contribution is 2.10. The monoisotopic (exact) mass is 165 g/mol. The fourth-order valence-corrected chi connectivity index (χ4v) is 0.854. The Kier molecular flexibility index (Phi) is 2.69. The molecule has 0 amide bonds. The number of ether oxygens (including phenoxy) is 1. The fourth-order valence-electron chi connectivity index (χ4n) is 0.854. The minimum atomic E-state index is -0.839. The topological polar surface area (TPSA) is 46.5 Å². The summed E-state index contributed by atoms with van der Waals surface area (Å²) < 4.78 is 4.87. The van der Waals surface area contributed by atoms with E-state index in [0.717, 1.165) is 5.56 Å². The molecule has 1 aromatic carbocycles. The van der Waals surface area contributed by atoms with Gasteiger partial charge < -0.3 is 9.84 Å². The first-order chi connectivity index (χ1) is 5.72. The number of aliphatic carboxylic acids is 1. The Hall–Kier alpha value is -1.51. The van der Waals surface area contributed by atoms with Gasteiger partial charge in [-0.25, -0.2) is 0 Å². The molecule has 0 fully saturated rings. The van der Waals surface area contributed by atoms with Gasteiger partial charge in [0, 0.05) is 6.07 Å². The summed E-state index contributed by atoms with van der Waals surface area (Å²) in [5.41, 5.74) is 0.725. The van der Waals surface area contributed by atoms with Crippen molar-refractivity contribution in [2.75, 3.05) is 7.11 Å². The number of rotatable bonds is 3. The van der Waals surface area contributed by atoms with Gasteiger partial charge in [0.1, 0.15) is 5.75 Å². The summed E-state index contributed by atoms with van der Waals surface area (Å²) in [5, 5.41) is 8.45. The van der Waals surface area contributed by atoms with Gasteiger partial charge in [-0.15, -0.1) is 0 Å². The summed E-state index contributed by atoms with van der Waals surface area (Å²) in [5.74, 6) is -0.224. The molecule has 1 aromatic rings. The van der Waals surface area contributed by atoms with E-state index < -0.39 is 5.97 Å². The lowest BCUT2D eigenvalue weighted by atomic mass is 10.1. The summed E-state index contributed by atoms with van der Waals surface area (Å²) in [7, 11) is 1.54. The third-order valence-electron chi connectivity index (χ3n) is 1.42. The number of benzene rings is 1. The quantitative estimate of drug-likeness (QED) is 0.730. The summed E-state index contributed by atoms with van der Waals surface area (Å²) >= 11 is 0. The Morgan fingerprint density at radius 3 is 2.83 bits per heavy atom. The molecule has 0 spiro atoms. The van der Waals surface area contributed by atoms with Crippen LogP contribution in [-0.2, 0) is 11.2 Å². The van der Waals surface area contributed by atoms with E-state index in [1.807, 2.05) is 0 Å². The molecule has 3 nitrogen and oxygen atoms in total. The lowest BCUT2D eigenvalue weighted by Gasteiger charge is -1.99. The average Bonchev–Trinajstić information content (AvgIpc) is 2.05. The van der Waals surface area contributed by atoms with Crippen LogP contribution in [0.3, 0.4) is 0 Å². The zero-order valence-electron chi connectivity index (χ0n) is 6.70. The van der Waals surface area contributed by atoms with Gasteiger partial charge in [0.05, 0.1) is 13.5 Å². The minimum Gasteiger partial charge on any atom is -0.496 e. The molecule has 63 valence electrons. The molecule has 0 aliphatic carbocycles. The molecule has 1 rings (SSSR count). The van der Waals surface area contributed by atoms with Crippen LogP contribution in [0.5, 0.6) is 5.75 Å². The zero-order chi connectivity index (χ0) is 8.97. The van der Waals surface area contributed by atoms with E-state index in [-0.39, 0.29) is 6.42 Å².